The fraction of sp³-hybridized carbons (Fsp3) is 0.207. The Morgan fingerprint density at radius 1 is 0.944 bits per heavy atom. The Morgan fingerprint density at radius 3 is 2.56 bits per heavy atom. The molecule has 6 nitrogen and oxygen atoms in total. The highest BCUT2D eigenvalue weighted by Gasteiger charge is 2.31. The first kappa shape index (κ1) is 22.6. The molecule has 0 spiro atoms. The lowest BCUT2D eigenvalue weighted by Gasteiger charge is -2.36. The molecule has 3 heterocycles. The Bertz CT molecular complexity index is 1450. The Labute approximate surface area is 214 Å². The molecule has 1 unspecified atom stereocenters. The number of hydrogen-bond donors (Lipinski definition) is 1. The molecule has 7 heteroatoms. The molecular formula is C29H26N4O2S. The number of aromatic nitrogens is 2. The molecule has 1 atom stereocenters. The minimum Gasteiger partial charge on any atom is -0.475 e. The zero-order valence-corrected chi connectivity index (χ0v) is 21.0. The third-order valence-corrected chi connectivity index (χ3v) is 7.60. The van der Waals surface area contributed by atoms with E-state index in [4.69, 9.17) is 9.72 Å². The maximum atomic E-state index is 13.7. The second-order valence-electron chi connectivity index (χ2n) is 9.28. The van der Waals surface area contributed by atoms with Crippen molar-refractivity contribution in [2.45, 2.75) is 37.8 Å². The van der Waals surface area contributed by atoms with Crippen molar-refractivity contribution in [3.63, 3.8) is 0 Å². The van der Waals surface area contributed by atoms with Gasteiger partial charge in [-0.15, -0.1) is 0 Å². The average Bonchev–Trinajstić information content (AvgIpc) is 2.90. The van der Waals surface area contributed by atoms with Crippen molar-refractivity contribution in [1.82, 2.24) is 14.9 Å². The van der Waals surface area contributed by atoms with Crippen LogP contribution in [-0.4, -0.2) is 33.4 Å². The number of rotatable bonds is 1. The van der Waals surface area contributed by atoms with E-state index < -0.39 is 0 Å². The SMILES string of the molecule is Cc1cccc(C)c1-c1cc2nc(n1)NSc1cccc(c1)C(=O)N1Cc3ccccc3CC1CO2. The van der Waals surface area contributed by atoms with Crippen LogP contribution in [0.3, 0.4) is 0 Å². The van der Waals surface area contributed by atoms with E-state index in [1.807, 2.05) is 41.3 Å². The molecule has 4 aromatic rings. The quantitative estimate of drug-likeness (QED) is 0.336. The summed E-state index contributed by atoms with van der Waals surface area (Å²) in [6.45, 7) is 5.07. The van der Waals surface area contributed by atoms with Gasteiger partial charge in [0.2, 0.25) is 11.8 Å². The predicted molar refractivity (Wildman–Crippen MR) is 142 cm³/mol. The number of anilines is 1. The largest absolute Gasteiger partial charge is 0.475 e. The maximum absolute atomic E-state index is 13.7. The smallest absolute Gasteiger partial charge is 0.254 e. The van der Waals surface area contributed by atoms with E-state index in [1.54, 1.807) is 0 Å². The lowest BCUT2D eigenvalue weighted by Crippen LogP contribution is -2.47. The third kappa shape index (κ3) is 4.31. The minimum absolute atomic E-state index is 0.00816. The molecule has 1 N–H and O–H groups in total. The van der Waals surface area contributed by atoms with Gasteiger partial charge in [-0.05, 0) is 72.7 Å². The molecule has 1 aromatic heterocycles. The minimum atomic E-state index is -0.112. The fourth-order valence-electron chi connectivity index (χ4n) is 5.01. The summed E-state index contributed by atoms with van der Waals surface area (Å²) >= 11 is 1.38. The molecule has 180 valence electrons. The van der Waals surface area contributed by atoms with E-state index in [0.717, 1.165) is 33.7 Å². The van der Waals surface area contributed by atoms with Crippen LogP contribution in [-0.2, 0) is 13.0 Å². The van der Waals surface area contributed by atoms with Crippen LogP contribution in [0.15, 0.2) is 77.7 Å². The van der Waals surface area contributed by atoms with Gasteiger partial charge in [0, 0.05) is 28.6 Å². The highest BCUT2D eigenvalue weighted by atomic mass is 32.2. The molecule has 6 rings (SSSR count). The standard InChI is InChI=1S/C29H26N4O2S/c1-18-7-5-8-19(2)27(18)25-15-26-31-29(30-25)32-36-24-12-6-11-21(14-24)28(34)33-16-22-10-4-3-9-20(22)13-23(33)17-35-26/h3-12,14-15,23H,13,16-17H2,1-2H3,(H,30,31,32). The zero-order chi connectivity index (χ0) is 24.6. The molecule has 0 fully saturated rings. The molecule has 2 aliphatic heterocycles. The van der Waals surface area contributed by atoms with E-state index in [9.17, 15) is 4.79 Å². The zero-order valence-electron chi connectivity index (χ0n) is 20.2. The molecule has 0 saturated heterocycles. The number of aryl methyl sites for hydroxylation is 2. The van der Waals surface area contributed by atoms with Crippen molar-refractivity contribution >= 4 is 23.8 Å². The molecule has 2 aliphatic rings. The van der Waals surface area contributed by atoms with Crippen molar-refractivity contribution in [3.05, 3.63) is 101 Å². The summed E-state index contributed by atoms with van der Waals surface area (Å²) < 4.78 is 9.56. The molecule has 36 heavy (non-hydrogen) atoms. The van der Waals surface area contributed by atoms with Crippen LogP contribution in [0.25, 0.3) is 11.3 Å². The van der Waals surface area contributed by atoms with Crippen LogP contribution in [0.1, 0.15) is 32.6 Å². The summed E-state index contributed by atoms with van der Waals surface area (Å²) in [4.78, 5) is 26.0. The second kappa shape index (κ2) is 9.32. The van der Waals surface area contributed by atoms with Gasteiger partial charge >= 0.3 is 0 Å². The molecule has 1 amide bonds. The van der Waals surface area contributed by atoms with Crippen molar-refractivity contribution in [1.29, 1.82) is 0 Å². The van der Waals surface area contributed by atoms with Crippen LogP contribution >= 0.6 is 11.9 Å². The summed E-state index contributed by atoms with van der Waals surface area (Å²) in [6.07, 6.45) is 0.732. The summed E-state index contributed by atoms with van der Waals surface area (Å²) in [5.74, 6) is 0.966. The summed E-state index contributed by atoms with van der Waals surface area (Å²) in [5, 5.41) is 0. The lowest BCUT2D eigenvalue weighted by atomic mass is 9.93. The van der Waals surface area contributed by atoms with Crippen molar-refractivity contribution in [3.8, 4) is 17.1 Å². The van der Waals surface area contributed by atoms with Gasteiger partial charge < -0.3 is 9.64 Å². The predicted octanol–water partition coefficient (Wildman–Crippen LogP) is 5.84. The first-order valence-electron chi connectivity index (χ1n) is 12.0. The topological polar surface area (TPSA) is 67.4 Å². The van der Waals surface area contributed by atoms with Gasteiger partial charge in [-0.3, -0.25) is 9.52 Å². The number of fused-ring (bicyclic) bond motifs is 6. The van der Waals surface area contributed by atoms with Gasteiger partial charge in [0.25, 0.3) is 5.91 Å². The number of ether oxygens (including phenoxy) is 1. The first-order chi connectivity index (χ1) is 17.5. The van der Waals surface area contributed by atoms with Crippen molar-refractivity contribution in [2.75, 3.05) is 11.3 Å². The highest BCUT2D eigenvalue weighted by Crippen LogP contribution is 2.32. The summed E-state index contributed by atoms with van der Waals surface area (Å²) in [5.41, 5.74) is 7.27. The third-order valence-electron chi connectivity index (χ3n) is 6.82. The average molecular weight is 495 g/mol. The van der Waals surface area contributed by atoms with Crippen LogP contribution in [0.5, 0.6) is 5.88 Å². The van der Waals surface area contributed by atoms with Crippen LogP contribution in [0.2, 0.25) is 0 Å². The second-order valence-corrected chi connectivity index (χ2v) is 10.2. The van der Waals surface area contributed by atoms with Gasteiger partial charge in [0.15, 0.2) is 0 Å². The van der Waals surface area contributed by atoms with Gasteiger partial charge in [-0.1, -0.05) is 48.5 Å². The van der Waals surface area contributed by atoms with Gasteiger partial charge in [0.05, 0.1) is 11.7 Å². The Morgan fingerprint density at radius 2 is 1.72 bits per heavy atom. The van der Waals surface area contributed by atoms with Crippen LogP contribution in [0.4, 0.5) is 5.95 Å². The van der Waals surface area contributed by atoms with Crippen molar-refractivity contribution < 1.29 is 9.53 Å². The molecule has 4 bridgehead atoms. The Hall–Kier alpha value is -3.84. The van der Waals surface area contributed by atoms with E-state index in [0.29, 0.717) is 30.5 Å². The maximum Gasteiger partial charge on any atom is 0.254 e. The number of carbonyl (C=O) groups excluding carboxylic acids is 1. The highest BCUT2D eigenvalue weighted by molar-refractivity contribution is 8.00. The molecular weight excluding hydrogens is 468 g/mol. The molecule has 3 aromatic carbocycles. The van der Waals surface area contributed by atoms with Crippen LogP contribution in [0, 0.1) is 13.8 Å². The van der Waals surface area contributed by atoms with Crippen molar-refractivity contribution in [2.24, 2.45) is 0 Å². The molecule has 0 radical (unpaired) electrons. The summed E-state index contributed by atoms with van der Waals surface area (Å²) in [6, 6.07) is 24.0. The van der Waals surface area contributed by atoms with E-state index in [-0.39, 0.29) is 11.9 Å². The number of hydrogen-bond acceptors (Lipinski definition) is 6. The Kier molecular flexibility index (Phi) is 5.85. The van der Waals surface area contributed by atoms with Gasteiger partial charge in [0.1, 0.15) is 6.61 Å². The number of nitrogens with one attached hydrogen (secondary N) is 1. The van der Waals surface area contributed by atoms with Gasteiger partial charge in [-0.2, -0.15) is 4.98 Å². The fourth-order valence-corrected chi connectivity index (χ4v) is 5.64. The monoisotopic (exact) mass is 494 g/mol. The first-order valence-corrected chi connectivity index (χ1v) is 12.9. The number of nitrogens with zero attached hydrogens (tertiary/aromatic N) is 3. The summed E-state index contributed by atoms with van der Waals surface area (Å²) in [7, 11) is 0. The van der Waals surface area contributed by atoms with Gasteiger partial charge in [-0.25, -0.2) is 4.98 Å². The number of benzene rings is 3. The normalized spacial score (nSPS) is 16.9. The van der Waals surface area contributed by atoms with E-state index in [2.05, 4.69) is 60.0 Å². The Balaban J connectivity index is 1.44. The lowest BCUT2D eigenvalue weighted by molar-refractivity contribution is 0.0562. The number of amides is 1. The van der Waals surface area contributed by atoms with E-state index in [1.165, 1.54) is 23.1 Å². The molecule has 0 saturated carbocycles. The van der Waals surface area contributed by atoms with Crippen LogP contribution < -0.4 is 9.46 Å². The van der Waals surface area contributed by atoms with E-state index >= 15 is 0 Å². The number of carbonyl (C=O) groups is 1. The molecule has 0 aliphatic carbocycles.